The van der Waals surface area contributed by atoms with Gasteiger partial charge in [0.2, 0.25) is 0 Å². The largest absolute Gasteiger partial charge is 0.343 e. The number of nitrogens with one attached hydrogen (secondary N) is 2. The number of carbonyl (C=O) groups excluding carboxylic acids is 1. The first-order valence-corrected chi connectivity index (χ1v) is 10.4. The summed E-state index contributed by atoms with van der Waals surface area (Å²) >= 11 is 1.51. The summed E-state index contributed by atoms with van der Waals surface area (Å²) in [5.41, 5.74) is 2.64. The molecule has 2 aromatic rings. The smallest absolute Gasteiger partial charge is 0.257 e. The highest BCUT2D eigenvalue weighted by Crippen LogP contribution is 2.47. The lowest BCUT2D eigenvalue weighted by molar-refractivity contribution is -0.118. The number of ketones is 1. The van der Waals surface area contributed by atoms with Gasteiger partial charge in [0.25, 0.3) is 5.56 Å². The number of carbonyl (C=O) groups is 1. The zero-order valence-electron chi connectivity index (χ0n) is 16.5. The van der Waals surface area contributed by atoms with E-state index in [9.17, 15) is 9.59 Å². The fraction of sp³-hybridized carbons (Fsp3) is 0.429. The standard InChI is InChI=1S/C21H24N4O2S/c1-11(2)28-20-24-18-17(19(27)25-20)15(12-5-7-22-8-6-12)16-13(23-18)9-21(3,4)10-14(16)26/h5-8,11,15H,9-10H2,1-4H3,(H2,23,24,25,27)/t15-/m1/s1. The van der Waals surface area contributed by atoms with Gasteiger partial charge in [-0.05, 0) is 29.5 Å². The molecule has 2 aromatic heterocycles. The summed E-state index contributed by atoms with van der Waals surface area (Å²) in [6.07, 6.45) is 4.60. The van der Waals surface area contributed by atoms with Crippen LogP contribution in [0.1, 0.15) is 57.6 Å². The molecule has 7 heteroatoms. The Morgan fingerprint density at radius 1 is 1.18 bits per heavy atom. The van der Waals surface area contributed by atoms with Crippen molar-refractivity contribution in [1.82, 2.24) is 15.0 Å². The van der Waals surface area contributed by atoms with Gasteiger partial charge in [0.15, 0.2) is 10.9 Å². The lowest BCUT2D eigenvalue weighted by atomic mass is 9.69. The van der Waals surface area contributed by atoms with Crippen LogP contribution in [0.4, 0.5) is 5.82 Å². The van der Waals surface area contributed by atoms with Crippen molar-refractivity contribution in [2.75, 3.05) is 5.32 Å². The molecule has 1 atom stereocenters. The SMILES string of the molecule is CC(C)Sc1nc2c(c(=O)[nH]1)[C@H](c1ccncc1)C1=C(CC(C)(C)CC1=O)N2. The molecule has 0 fully saturated rings. The Morgan fingerprint density at radius 2 is 1.89 bits per heavy atom. The van der Waals surface area contributed by atoms with E-state index in [0.717, 1.165) is 17.7 Å². The predicted octanol–water partition coefficient (Wildman–Crippen LogP) is 3.87. The zero-order chi connectivity index (χ0) is 20.1. The number of rotatable bonds is 3. The van der Waals surface area contributed by atoms with Gasteiger partial charge >= 0.3 is 0 Å². The molecule has 0 spiro atoms. The molecular weight excluding hydrogens is 372 g/mol. The average Bonchev–Trinajstić information content (AvgIpc) is 2.59. The quantitative estimate of drug-likeness (QED) is 0.605. The van der Waals surface area contributed by atoms with Crippen LogP contribution in [0.3, 0.4) is 0 Å². The van der Waals surface area contributed by atoms with E-state index in [1.54, 1.807) is 12.4 Å². The second kappa shape index (κ2) is 6.88. The molecule has 0 aromatic carbocycles. The van der Waals surface area contributed by atoms with Crippen molar-refractivity contribution in [3.05, 3.63) is 57.3 Å². The van der Waals surface area contributed by atoms with Crippen molar-refractivity contribution in [3.63, 3.8) is 0 Å². The highest BCUT2D eigenvalue weighted by molar-refractivity contribution is 7.99. The summed E-state index contributed by atoms with van der Waals surface area (Å²) < 4.78 is 0. The van der Waals surface area contributed by atoms with E-state index in [-0.39, 0.29) is 16.8 Å². The lowest BCUT2D eigenvalue weighted by Crippen LogP contribution is -2.37. The maximum Gasteiger partial charge on any atom is 0.257 e. The molecule has 2 N–H and O–H groups in total. The van der Waals surface area contributed by atoms with Crippen LogP contribution in [0.15, 0.2) is 45.7 Å². The van der Waals surface area contributed by atoms with Crippen LogP contribution in [-0.2, 0) is 4.79 Å². The fourth-order valence-corrected chi connectivity index (χ4v) is 4.80. The fourth-order valence-electron chi connectivity index (χ4n) is 4.06. The van der Waals surface area contributed by atoms with Crippen molar-refractivity contribution in [2.45, 2.75) is 56.9 Å². The summed E-state index contributed by atoms with van der Waals surface area (Å²) in [6.45, 7) is 8.30. The average molecular weight is 397 g/mol. The monoisotopic (exact) mass is 396 g/mol. The third kappa shape index (κ3) is 3.39. The number of pyridine rings is 1. The highest BCUT2D eigenvalue weighted by Gasteiger charge is 2.42. The number of aromatic nitrogens is 3. The van der Waals surface area contributed by atoms with E-state index in [4.69, 9.17) is 0 Å². The summed E-state index contributed by atoms with van der Waals surface area (Å²) in [5, 5.41) is 4.22. The van der Waals surface area contributed by atoms with Gasteiger partial charge in [-0.25, -0.2) is 4.98 Å². The van der Waals surface area contributed by atoms with Gasteiger partial charge in [-0.1, -0.05) is 39.5 Å². The molecule has 0 amide bonds. The van der Waals surface area contributed by atoms with Gasteiger partial charge in [-0.2, -0.15) is 0 Å². The number of H-pyrrole nitrogens is 1. The van der Waals surface area contributed by atoms with Gasteiger partial charge in [-0.15, -0.1) is 0 Å². The molecule has 0 bridgehead atoms. The molecular formula is C21H24N4O2S. The number of nitrogens with zero attached hydrogens (tertiary/aromatic N) is 2. The number of thioether (sulfide) groups is 1. The molecule has 0 radical (unpaired) electrons. The van der Waals surface area contributed by atoms with E-state index in [0.29, 0.717) is 33.8 Å². The number of hydrogen-bond acceptors (Lipinski definition) is 6. The van der Waals surface area contributed by atoms with Crippen molar-refractivity contribution in [3.8, 4) is 0 Å². The summed E-state index contributed by atoms with van der Waals surface area (Å²) in [4.78, 5) is 37.9. The predicted molar refractivity (Wildman–Crippen MR) is 111 cm³/mol. The number of hydrogen-bond donors (Lipinski definition) is 2. The highest BCUT2D eigenvalue weighted by atomic mass is 32.2. The van der Waals surface area contributed by atoms with Gasteiger partial charge in [0.05, 0.1) is 5.56 Å². The Kier molecular flexibility index (Phi) is 4.65. The van der Waals surface area contributed by atoms with Gasteiger partial charge in [0, 0.05) is 41.3 Å². The van der Waals surface area contributed by atoms with Crippen molar-refractivity contribution >= 4 is 23.4 Å². The maximum atomic E-state index is 13.1. The minimum absolute atomic E-state index is 0.0891. The van der Waals surface area contributed by atoms with Crippen LogP contribution in [0, 0.1) is 5.41 Å². The summed E-state index contributed by atoms with van der Waals surface area (Å²) in [5.74, 6) is 0.219. The number of allylic oxidation sites excluding steroid dienone is 2. The maximum absolute atomic E-state index is 13.1. The first-order chi connectivity index (χ1) is 13.2. The van der Waals surface area contributed by atoms with Crippen molar-refractivity contribution in [1.29, 1.82) is 0 Å². The van der Waals surface area contributed by atoms with Crippen molar-refractivity contribution in [2.24, 2.45) is 5.41 Å². The molecule has 146 valence electrons. The molecule has 0 saturated carbocycles. The second-order valence-electron chi connectivity index (χ2n) is 8.47. The Morgan fingerprint density at radius 3 is 2.57 bits per heavy atom. The Balaban J connectivity index is 1.93. The Labute approximate surface area is 168 Å². The zero-order valence-corrected chi connectivity index (χ0v) is 17.3. The molecule has 2 aliphatic rings. The number of anilines is 1. The third-order valence-electron chi connectivity index (χ3n) is 5.09. The van der Waals surface area contributed by atoms with Crippen molar-refractivity contribution < 1.29 is 4.79 Å². The van der Waals surface area contributed by atoms with E-state index in [1.807, 2.05) is 12.1 Å². The second-order valence-corrected chi connectivity index (χ2v) is 10.0. The number of Topliss-reactive ketones (excluding diaryl/α,β-unsaturated/α-hetero) is 1. The molecule has 0 unspecified atom stereocenters. The van der Waals surface area contributed by atoms with Gasteiger partial charge < -0.3 is 10.3 Å². The number of fused-ring (bicyclic) bond motifs is 1. The van der Waals surface area contributed by atoms with Crippen LogP contribution in [-0.4, -0.2) is 26.0 Å². The molecule has 1 aliphatic carbocycles. The van der Waals surface area contributed by atoms with E-state index >= 15 is 0 Å². The minimum Gasteiger partial charge on any atom is -0.343 e. The summed E-state index contributed by atoms with van der Waals surface area (Å²) in [7, 11) is 0. The van der Waals surface area contributed by atoms with Crippen LogP contribution < -0.4 is 10.9 Å². The van der Waals surface area contributed by atoms with Crippen LogP contribution >= 0.6 is 11.8 Å². The minimum atomic E-state index is -0.424. The third-order valence-corrected chi connectivity index (χ3v) is 5.97. The molecule has 3 heterocycles. The molecule has 0 saturated heterocycles. The number of aromatic amines is 1. The van der Waals surface area contributed by atoms with Gasteiger partial charge in [0.1, 0.15) is 5.82 Å². The lowest BCUT2D eigenvalue weighted by Gasteiger charge is -2.38. The van der Waals surface area contributed by atoms with E-state index in [1.165, 1.54) is 11.8 Å². The molecule has 1 aliphatic heterocycles. The Hall–Kier alpha value is -2.41. The first kappa shape index (κ1) is 18.9. The molecule has 28 heavy (non-hydrogen) atoms. The summed E-state index contributed by atoms with van der Waals surface area (Å²) in [6, 6.07) is 3.74. The van der Waals surface area contributed by atoms with Crippen LogP contribution in [0.5, 0.6) is 0 Å². The topological polar surface area (TPSA) is 87.7 Å². The van der Waals surface area contributed by atoms with Crippen LogP contribution in [0.25, 0.3) is 0 Å². The van der Waals surface area contributed by atoms with Gasteiger partial charge in [-0.3, -0.25) is 14.6 Å². The molecule has 6 nitrogen and oxygen atoms in total. The van der Waals surface area contributed by atoms with E-state index < -0.39 is 5.92 Å². The molecule has 4 rings (SSSR count). The Bertz CT molecular complexity index is 1020. The van der Waals surface area contributed by atoms with Crippen LogP contribution in [0.2, 0.25) is 0 Å². The van der Waals surface area contributed by atoms with E-state index in [2.05, 4.69) is 48.0 Å². The normalized spacial score (nSPS) is 20.6. The first-order valence-electron chi connectivity index (χ1n) is 9.49.